The van der Waals surface area contributed by atoms with Gasteiger partial charge in [-0.15, -0.1) is 0 Å². The van der Waals surface area contributed by atoms with E-state index in [4.69, 9.17) is 15.3 Å². The molecule has 0 spiro atoms. The minimum absolute atomic E-state index is 0.0389. The average Bonchev–Trinajstić information content (AvgIpc) is 3.26. The Hall–Kier alpha value is -5.12. The molecule has 0 fully saturated rings. The summed E-state index contributed by atoms with van der Waals surface area (Å²) in [5.41, 5.74) is 6.83. The number of halogens is 3. The van der Waals surface area contributed by atoms with Crippen LogP contribution in [0.3, 0.4) is 0 Å². The van der Waals surface area contributed by atoms with Crippen LogP contribution in [0.2, 0.25) is 0 Å². The Morgan fingerprint density at radius 3 is 1.60 bits per heavy atom. The summed E-state index contributed by atoms with van der Waals surface area (Å²) in [5.74, 6) is -2.59. The van der Waals surface area contributed by atoms with Gasteiger partial charge in [0.25, 0.3) is 0 Å². The summed E-state index contributed by atoms with van der Waals surface area (Å²) in [4.78, 5) is 22.7. The highest BCUT2D eigenvalue weighted by atomic mass is 19.4. The molecular weight excluding hydrogens is 619 g/mol. The van der Waals surface area contributed by atoms with Crippen molar-refractivity contribution in [3.05, 3.63) is 119 Å². The third-order valence-corrected chi connectivity index (χ3v) is 7.97. The van der Waals surface area contributed by atoms with E-state index in [0.717, 1.165) is 33.3 Å². The zero-order chi connectivity index (χ0) is 35.6. The van der Waals surface area contributed by atoms with Gasteiger partial charge in [0, 0.05) is 16.7 Å². The van der Waals surface area contributed by atoms with E-state index in [9.17, 15) is 23.1 Å². The van der Waals surface area contributed by atoms with Crippen molar-refractivity contribution >= 4 is 22.8 Å². The summed E-state index contributed by atoms with van der Waals surface area (Å²) in [7, 11) is 0. The van der Waals surface area contributed by atoms with E-state index in [1.54, 1.807) is 4.57 Å². The number of hydrogen-bond acceptors (Lipinski definition) is 4. The fourth-order valence-electron chi connectivity index (χ4n) is 5.40. The van der Waals surface area contributed by atoms with Crippen molar-refractivity contribution in [3.63, 3.8) is 0 Å². The Morgan fingerprint density at radius 1 is 0.708 bits per heavy atom. The topological polar surface area (TPSA) is 108 Å². The van der Waals surface area contributed by atoms with E-state index >= 15 is 0 Å². The number of carboxylic acid groups (broad SMARTS) is 1. The largest absolute Gasteiger partial charge is 0.507 e. The Labute approximate surface area is 277 Å². The molecule has 0 amide bonds. The van der Waals surface area contributed by atoms with Crippen molar-refractivity contribution in [1.29, 1.82) is 5.41 Å². The van der Waals surface area contributed by atoms with E-state index in [1.807, 2.05) is 101 Å². The fraction of sp³-hybridized carbons (Fsp3) is 0.289. The Morgan fingerprint density at radius 2 is 1.15 bits per heavy atom. The molecule has 252 valence electrons. The molecule has 7 nitrogen and oxygen atoms in total. The molecule has 0 atom stereocenters. The van der Waals surface area contributed by atoms with Crippen molar-refractivity contribution in [2.24, 2.45) is 0 Å². The van der Waals surface area contributed by atoms with E-state index in [-0.39, 0.29) is 34.5 Å². The summed E-state index contributed by atoms with van der Waals surface area (Å²) in [6.07, 6.45) is -5.08. The van der Waals surface area contributed by atoms with Crippen molar-refractivity contribution in [2.75, 3.05) is 0 Å². The number of ketones is 1. The minimum Gasteiger partial charge on any atom is -0.507 e. The number of phenols is 1. The number of imidazole rings is 1. The normalized spacial score (nSPS) is 12.0. The molecule has 0 aliphatic heterocycles. The highest BCUT2D eigenvalue weighted by molar-refractivity contribution is 5.97. The molecule has 4 aromatic carbocycles. The smallest absolute Gasteiger partial charge is 0.490 e. The maximum atomic E-state index is 13.8. The van der Waals surface area contributed by atoms with E-state index in [0.29, 0.717) is 12.1 Å². The first-order valence-corrected chi connectivity index (χ1v) is 15.4. The molecule has 5 rings (SSSR count). The third-order valence-electron chi connectivity index (χ3n) is 7.97. The first kappa shape index (κ1) is 35.7. The molecule has 5 aromatic rings. The summed E-state index contributed by atoms with van der Waals surface area (Å²) in [6, 6.07) is 30.2. The van der Waals surface area contributed by atoms with Gasteiger partial charge in [0.2, 0.25) is 5.62 Å². The number of para-hydroxylation sites is 2. The van der Waals surface area contributed by atoms with Gasteiger partial charge in [-0.2, -0.15) is 13.2 Å². The molecule has 0 saturated carbocycles. The molecule has 48 heavy (non-hydrogen) atoms. The van der Waals surface area contributed by atoms with Gasteiger partial charge >= 0.3 is 12.1 Å². The lowest BCUT2D eigenvalue weighted by Crippen LogP contribution is -2.28. The van der Waals surface area contributed by atoms with Gasteiger partial charge < -0.3 is 19.3 Å². The van der Waals surface area contributed by atoms with Crippen LogP contribution in [0, 0.1) is 5.41 Å². The van der Waals surface area contributed by atoms with Crippen LogP contribution >= 0.6 is 0 Å². The second-order valence-electron chi connectivity index (χ2n) is 13.7. The third kappa shape index (κ3) is 8.05. The van der Waals surface area contributed by atoms with Gasteiger partial charge in [0.15, 0.2) is 5.78 Å². The predicted octanol–water partition coefficient (Wildman–Crippen LogP) is 8.45. The quantitative estimate of drug-likeness (QED) is 0.159. The number of fused-ring (bicyclic) bond motifs is 1. The molecule has 0 aliphatic rings. The zero-order valence-electron chi connectivity index (χ0n) is 27.8. The minimum atomic E-state index is -5.08. The number of hydrogen-bond donors (Lipinski definition) is 3. The Kier molecular flexibility index (Phi) is 10.1. The van der Waals surface area contributed by atoms with E-state index < -0.39 is 12.1 Å². The summed E-state index contributed by atoms with van der Waals surface area (Å²) in [6.45, 7) is 12.8. The highest BCUT2D eigenvalue weighted by Crippen LogP contribution is 2.40. The number of alkyl halides is 3. The van der Waals surface area contributed by atoms with Crippen molar-refractivity contribution in [2.45, 2.75) is 71.6 Å². The van der Waals surface area contributed by atoms with Crippen LogP contribution in [-0.2, 0) is 28.7 Å². The number of phenolic OH excluding ortho intramolecular Hbond substituents is 1. The highest BCUT2D eigenvalue weighted by Gasteiger charge is 2.38. The first-order valence-electron chi connectivity index (χ1n) is 15.4. The monoisotopic (exact) mass is 659 g/mol. The van der Waals surface area contributed by atoms with Gasteiger partial charge in [-0.25, -0.2) is 4.79 Å². The van der Waals surface area contributed by atoms with Crippen LogP contribution in [0.1, 0.15) is 68.6 Å². The number of carbonyl (C=O) groups excluding carboxylic acids is 1. The summed E-state index contributed by atoms with van der Waals surface area (Å²) < 4.78 is 35.5. The molecule has 1 aromatic heterocycles. The molecule has 0 aliphatic carbocycles. The fourth-order valence-corrected chi connectivity index (χ4v) is 5.40. The van der Waals surface area contributed by atoms with Crippen LogP contribution < -0.4 is 5.62 Å². The maximum absolute atomic E-state index is 13.8. The number of rotatable bonds is 6. The van der Waals surface area contributed by atoms with Gasteiger partial charge in [0.05, 0.1) is 24.1 Å². The lowest BCUT2D eigenvalue weighted by Gasteiger charge is -2.28. The van der Waals surface area contributed by atoms with E-state index in [2.05, 4.69) is 36.4 Å². The van der Waals surface area contributed by atoms with Crippen LogP contribution in [0.15, 0.2) is 91.0 Å². The summed E-state index contributed by atoms with van der Waals surface area (Å²) >= 11 is 0. The lowest BCUT2D eigenvalue weighted by atomic mass is 9.78. The van der Waals surface area contributed by atoms with E-state index in [1.165, 1.54) is 5.56 Å². The molecule has 10 heteroatoms. The number of Topliss-reactive ketones (excluding diaryl/α,β-unsaturated/α-hetero) is 1. The van der Waals surface area contributed by atoms with Crippen LogP contribution in [0.25, 0.3) is 22.2 Å². The predicted molar refractivity (Wildman–Crippen MR) is 180 cm³/mol. The van der Waals surface area contributed by atoms with Crippen molar-refractivity contribution < 1.29 is 33.0 Å². The second-order valence-corrected chi connectivity index (χ2v) is 13.7. The molecular formula is C38H40F3N3O4. The first-order chi connectivity index (χ1) is 22.3. The number of carbonyl (C=O) groups is 2. The van der Waals surface area contributed by atoms with Gasteiger partial charge in [-0.3, -0.25) is 10.2 Å². The number of nitrogens with zero attached hydrogens (tertiary/aromatic N) is 2. The van der Waals surface area contributed by atoms with Crippen LogP contribution in [0.4, 0.5) is 13.2 Å². The molecule has 0 bridgehead atoms. The van der Waals surface area contributed by atoms with Gasteiger partial charge in [0.1, 0.15) is 5.75 Å². The van der Waals surface area contributed by atoms with Crippen LogP contribution in [0.5, 0.6) is 5.75 Å². The zero-order valence-corrected chi connectivity index (χ0v) is 27.8. The molecule has 0 unspecified atom stereocenters. The van der Waals surface area contributed by atoms with Crippen LogP contribution in [-0.4, -0.2) is 37.3 Å². The van der Waals surface area contributed by atoms with Gasteiger partial charge in [-0.1, -0.05) is 108 Å². The number of benzene rings is 4. The summed E-state index contributed by atoms with van der Waals surface area (Å²) in [5, 5.41) is 27.3. The molecule has 0 saturated heterocycles. The Balaban J connectivity index is 0.000000671. The standard InChI is InChI=1S/C36H39N3O2.C2HF3O2/c1-35(2,3)28-20-27(21-29(33(28)41)36(4,5)6)32(40)23-39-31-15-11-10-14-30(31)38(34(39)37)22-24-16-18-26(19-17-24)25-12-8-7-9-13-25;3-2(4,5)1(6)7/h7-21,37,41H,22-23H2,1-6H3;(H,6,7). The molecule has 3 N–H and O–H groups in total. The number of nitrogens with one attached hydrogen (secondary N) is 1. The second kappa shape index (κ2) is 13.5. The maximum Gasteiger partial charge on any atom is 0.490 e. The number of aliphatic carboxylic acids is 1. The lowest BCUT2D eigenvalue weighted by molar-refractivity contribution is -0.192. The average molecular weight is 660 g/mol. The van der Waals surface area contributed by atoms with Crippen molar-refractivity contribution in [3.8, 4) is 16.9 Å². The Bertz CT molecular complexity index is 1960. The molecule has 0 radical (unpaired) electrons. The SMILES string of the molecule is CC(C)(C)c1cc(C(=O)Cn2c(=N)n(Cc3ccc(-c4ccccc4)cc3)c3ccccc32)cc(C(C)(C)C)c1O.O=C(O)C(F)(F)F. The number of aromatic hydroxyl groups is 1. The number of carboxylic acids is 1. The molecule has 1 heterocycles. The van der Waals surface area contributed by atoms with Crippen molar-refractivity contribution in [1.82, 2.24) is 9.13 Å². The number of aromatic nitrogens is 2. The van der Waals surface area contributed by atoms with Gasteiger partial charge in [-0.05, 0) is 51.8 Å².